The van der Waals surface area contributed by atoms with E-state index in [1.807, 2.05) is 48.8 Å². The molecular formula is C31H39N3O5Si. The quantitative estimate of drug-likeness (QED) is 0.146. The molecular weight excluding hydrogens is 522 g/mol. The fourth-order valence-corrected chi connectivity index (χ4v) is 6.93. The number of ether oxygens (including phenoxy) is 1. The number of esters is 1. The molecule has 2 unspecified atom stereocenters. The number of aromatic amines is 1. The fourth-order valence-electron chi connectivity index (χ4n) is 5.71. The maximum absolute atomic E-state index is 12.5. The van der Waals surface area contributed by atoms with E-state index in [4.69, 9.17) is 10.2 Å². The van der Waals surface area contributed by atoms with E-state index < -0.39 is 20.8 Å². The number of hydrogen-bond donors (Lipinski definition) is 2. The van der Waals surface area contributed by atoms with Crippen molar-refractivity contribution in [3.8, 4) is 0 Å². The zero-order valence-corrected chi connectivity index (χ0v) is 25.3. The van der Waals surface area contributed by atoms with Gasteiger partial charge in [0.15, 0.2) is 9.04 Å². The molecule has 0 aliphatic carbocycles. The summed E-state index contributed by atoms with van der Waals surface area (Å²) in [7, 11) is 0.0387. The minimum Gasteiger partial charge on any atom is -0.463 e. The lowest BCUT2D eigenvalue weighted by Gasteiger charge is -2.40. The number of methoxy groups -OCH3 is 1. The lowest BCUT2D eigenvalue weighted by atomic mass is 9.77. The molecule has 2 atom stereocenters. The molecule has 8 nitrogen and oxygen atoms in total. The first-order chi connectivity index (χ1) is 18.9. The lowest BCUT2D eigenvalue weighted by molar-refractivity contribution is -0.135. The van der Waals surface area contributed by atoms with Gasteiger partial charge in [0, 0.05) is 41.1 Å². The predicted octanol–water partition coefficient (Wildman–Crippen LogP) is 4.78. The van der Waals surface area contributed by atoms with Gasteiger partial charge in [0.05, 0.1) is 30.7 Å². The maximum Gasteiger partial charge on any atom is 0.379 e. The van der Waals surface area contributed by atoms with Gasteiger partial charge in [0.25, 0.3) is 5.78 Å². The minimum absolute atomic E-state index is 0.0329. The second kappa shape index (κ2) is 11.8. The van der Waals surface area contributed by atoms with Crippen LogP contribution in [0.1, 0.15) is 42.3 Å². The molecule has 40 heavy (non-hydrogen) atoms. The van der Waals surface area contributed by atoms with E-state index in [9.17, 15) is 14.4 Å². The number of ketones is 1. The largest absolute Gasteiger partial charge is 0.463 e. The third-order valence-electron chi connectivity index (χ3n) is 7.25. The normalized spacial score (nSPS) is 15.5. The van der Waals surface area contributed by atoms with Crippen LogP contribution in [0.2, 0.25) is 13.1 Å². The first-order valence-corrected chi connectivity index (χ1v) is 16.4. The van der Waals surface area contributed by atoms with E-state index in [0.29, 0.717) is 17.9 Å². The zero-order valence-electron chi connectivity index (χ0n) is 24.1. The molecule has 0 radical (unpaired) electrons. The Morgan fingerprint density at radius 3 is 2.45 bits per heavy atom. The number of rotatable bonds is 7. The molecule has 1 amide bonds. The van der Waals surface area contributed by atoms with Gasteiger partial charge in [-0.15, -0.1) is 0 Å². The summed E-state index contributed by atoms with van der Waals surface area (Å²) < 4.78 is 13.2. The number of carbonyl (C=O) groups excluding carboxylic acids is 3. The van der Waals surface area contributed by atoms with Crippen molar-refractivity contribution in [1.29, 1.82) is 0 Å². The Balaban J connectivity index is 0.000000236. The van der Waals surface area contributed by atoms with Crippen LogP contribution in [-0.2, 0) is 38.1 Å². The predicted molar refractivity (Wildman–Crippen MR) is 160 cm³/mol. The summed E-state index contributed by atoms with van der Waals surface area (Å²) in [6.45, 7) is 11.9. The van der Waals surface area contributed by atoms with Crippen LogP contribution in [0, 0.1) is 11.3 Å². The van der Waals surface area contributed by atoms with E-state index in [1.165, 1.54) is 12.7 Å². The highest BCUT2D eigenvalue weighted by Crippen LogP contribution is 2.38. The summed E-state index contributed by atoms with van der Waals surface area (Å²) in [5, 5.41) is 1.90. The molecule has 0 saturated carbocycles. The Kier molecular flexibility index (Phi) is 8.65. The summed E-state index contributed by atoms with van der Waals surface area (Å²) in [6.07, 6.45) is 5.00. The SMILES string of the molecule is COC(=O)C(=O)c1cn2c3c(cccc13)CC(C(O[SiH](C)C)C(C)(C)C)C2.NC(=O)Cc1c[nH]c2ccccc12. The number of amides is 1. The number of fused-ring (bicyclic) bond motifs is 1. The Bertz CT molecular complexity index is 1550. The highest BCUT2D eigenvalue weighted by molar-refractivity contribution is 6.48. The van der Waals surface area contributed by atoms with Crippen LogP contribution in [0.15, 0.2) is 54.9 Å². The molecule has 9 heteroatoms. The third kappa shape index (κ3) is 6.21. The number of Topliss-reactive ketones (excluding diaryl/α,β-unsaturated/α-hetero) is 1. The maximum atomic E-state index is 12.5. The number of nitrogens with one attached hydrogen (secondary N) is 1. The molecule has 5 rings (SSSR count). The first-order valence-electron chi connectivity index (χ1n) is 13.6. The molecule has 4 aromatic rings. The second-order valence-electron chi connectivity index (χ2n) is 11.8. The topological polar surface area (TPSA) is 116 Å². The number of nitrogens with two attached hydrogens (primary N) is 1. The van der Waals surface area contributed by atoms with E-state index in [2.05, 4.69) is 54.2 Å². The number of para-hydroxylation sites is 2. The summed E-state index contributed by atoms with van der Waals surface area (Å²) >= 11 is 0. The second-order valence-corrected chi connectivity index (χ2v) is 14.1. The van der Waals surface area contributed by atoms with Gasteiger partial charge in [0.2, 0.25) is 5.91 Å². The molecule has 2 aromatic carbocycles. The van der Waals surface area contributed by atoms with Crippen molar-refractivity contribution in [2.24, 2.45) is 17.1 Å². The summed E-state index contributed by atoms with van der Waals surface area (Å²) in [6, 6.07) is 13.8. The molecule has 3 heterocycles. The number of aromatic nitrogens is 2. The molecule has 0 saturated heterocycles. The Hall–Kier alpha value is -3.69. The fraction of sp³-hybridized carbons (Fsp3) is 0.387. The average Bonchev–Trinajstić information content (AvgIpc) is 3.48. The standard InChI is InChI=1S/C21H29NO4Si.C10H10N2O/c1-21(2,3)19(26-27(5)6)14-10-13-8-7-9-15-16(18(23)20(24)25-4)12-22(11-14)17(13)15;11-10(13)5-7-6-12-9-4-2-1-3-8(7)9/h7-9,12,14,19,27H,10-11H2,1-6H3;1-4,6,12H,5H2,(H2,11,13). The average molecular weight is 562 g/mol. The smallest absolute Gasteiger partial charge is 0.379 e. The number of primary amides is 1. The summed E-state index contributed by atoms with van der Waals surface area (Å²) in [5.41, 5.74) is 9.83. The highest BCUT2D eigenvalue weighted by atomic mass is 28.3. The van der Waals surface area contributed by atoms with Gasteiger partial charge in [-0.2, -0.15) is 0 Å². The van der Waals surface area contributed by atoms with Crippen molar-refractivity contribution < 1.29 is 23.5 Å². The van der Waals surface area contributed by atoms with Crippen molar-refractivity contribution >= 4 is 48.5 Å². The number of hydrogen-bond acceptors (Lipinski definition) is 5. The van der Waals surface area contributed by atoms with Crippen LogP contribution < -0.4 is 5.73 Å². The van der Waals surface area contributed by atoms with E-state index in [0.717, 1.165) is 40.3 Å². The lowest BCUT2D eigenvalue weighted by Crippen LogP contribution is -2.43. The Labute approximate surface area is 236 Å². The minimum atomic E-state index is -1.20. The van der Waals surface area contributed by atoms with Crippen LogP contribution in [0.4, 0.5) is 0 Å². The molecule has 3 N–H and O–H groups in total. The number of carbonyl (C=O) groups is 3. The van der Waals surface area contributed by atoms with E-state index in [1.54, 1.807) is 0 Å². The van der Waals surface area contributed by atoms with E-state index in [-0.39, 0.29) is 17.4 Å². The van der Waals surface area contributed by atoms with Crippen molar-refractivity contribution in [1.82, 2.24) is 9.55 Å². The van der Waals surface area contributed by atoms with Crippen molar-refractivity contribution in [2.45, 2.75) is 59.4 Å². The molecule has 0 fully saturated rings. The van der Waals surface area contributed by atoms with Gasteiger partial charge in [0.1, 0.15) is 0 Å². The van der Waals surface area contributed by atoms with Crippen molar-refractivity contribution in [3.05, 3.63) is 71.5 Å². The van der Waals surface area contributed by atoms with Crippen molar-refractivity contribution in [3.63, 3.8) is 0 Å². The van der Waals surface area contributed by atoms with Gasteiger partial charge in [-0.1, -0.05) is 57.2 Å². The monoisotopic (exact) mass is 561 g/mol. The van der Waals surface area contributed by atoms with Crippen molar-refractivity contribution in [2.75, 3.05) is 7.11 Å². The van der Waals surface area contributed by atoms with Crippen LogP contribution in [0.5, 0.6) is 0 Å². The number of H-pyrrole nitrogens is 1. The first kappa shape index (κ1) is 29.3. The molecule has 0 spiro atoms. The Morgan fingerprint density at radius 2 is 1.80 bits per heavy atom. The van der Waals surface area contributed by atoms with Gasteiger partial charge in [-0.3, -0.25) is 9.59 Å². The van der Waals surface area contributed by atoms with Gasteiger partial charge in [-0.05, 0) is 42.1 Å². The van der Waals surface area contributed by atoms with Crippen LogP contribution >= 0.6 is 0 Å². The highest BCUT2D eigenvalue weighted by Gasteiger charge is 2.37. The molecule has 212 valence electrons. The molecule has 0 bridgehead atoms. The van der Waals surface area contributed by atoms with E-state index >= 15 is 0 Å². The Morgan fingerprint density at radius 1 is 1.10 bits per heavy atom. The molecule has 2 aromatic heterocycles. The summed E-state index contributed by atoms with van der Waals surface area (Å²) in [5.74, 6) is -1.39. The van der Waals surface area contributed by atoms with Crippen LogP contribution in [0.25, 0.3) is 21.8 Å². The third-order valence-corrected chi connectivity index (χ3v) is 8.09. The number of nitrogens with zero attached hydrogens (tertiary/aromatic N) is 1. The van der Waals surface area contributed by atoms with Gasteiger partial charge >= 0.3 is 5.97 Å². The van der Waals surface area contributed by atoms with Crippen LogP contribution in [0.3, 0.4) is 0 Å². The zero-order chi connectivity index (χ0) is 29.2. The van der Waals surface area contributed by atoms with Gasteiger partial charge in [-0.25, -0.2) is 4.79 Å². The van der Waals surface area contributed by atoms with Crippen LogP contribution in [-0.4, -0.2) is 49.5 Å². The molecule has 1 aliphatic heterocycles. The summed E-state index contributed by atoms with van der Waals surface area (Å²) in [4.78, 5) is 38.1. The van der Waals surface area contributed by atoms with Gasteiger partial charge < -0.3 is 24.4 Å². The number of benzene rings is 2. The molecule has 1 aliphatic rings.